The molecule has 4 amide bonds. The molecule has 1 atom stereocenters. The van der Waals surface area contributed by atoms with Crippen LogP contribution in [-0.2, 0) is 22.4 Å². The van der Waals surface area contributed by atoms with Crippen molar-refractivity contribution in [2.75, 3.05) is 70.8 Å². The lowest BCUT2D eigenvalue weighted by Gasteiger charge is -2.43. The summed E-state index contributed by atoms with van der Waals surface area (Å²) in [5.41, 5.74) is 3.54. The van der Waals surface area contributed by atoms with Gasteiger partial charge in [0, 0.05) is 95.0 Å². The highest BCUT2D eigenvalue weighted by molar-refractivity contribution is 6.35. The number of aromatic nitrogens is 2. The van der Waals surface area contributed by atoms with E-state index in [0.29, 0.717) is 56.6 Å². The van der Waals surface area contributed by atoms with Crippen LogP contribution < -0.4 is 5.32 Å². The molecule has 51 heavy (non-hydrogen) atoms. The van der Waals surface area contributed by atoms with Crippen molar-refractivity contribution >= 4 is 46.2 Å². The third-order valence-corrected chi connectivity index (χ3v) is 12.0. The van der Waals surface area contributed by atoms with Crippen LogP contribution in [0.5, 0.6) is 0 Å². The number of rotatable bonds is 8. The van der Waals surface area contributed by atoms with Crippen LogP contribution >= 0.6 is 11.6 Å². The first-order valence-corrected chi connectivity index (χ1v) is 19.2. The van der Waals surface area contributed by atoms with Gasteiger partial charge in [0.2, 0.25) is 0 Å². The van der Waals surface area contributed by atoms with E-state index in [9.17, 15) is 14.4 Å². The van der Waals surface area contributed by atoms with Crippen molar-refractivity contribution in [3.8, 4) is 0 Å². The van der Waals surface area contributed by atoms with Crippen LogP contribution in [0.4, 0.5) is 15.3 Å². The topological polar surface area (TPSA) is 117 Å². The van der Waals surface area contributed by atoms with Crippen LogP contribution in [0.3, 0.4) is 0 Å². The number of halogens is 1. The largest absolute Gasteiger partial charge is 0.436 e. The number of H-pyrrole nitrogens is 1. The van der Waals surface area contributed by atoms with Gasteiger partial charge in [0.1, 0.15) is 0 Å². The third kappa shape index (κ3) is 7.83. The number of amides is 4. The fourth-order valence-electron chi connectivity index (χ4n) is 8.51. The molecule has 1 aliphatic carbocycles. The predicted octanol–water partition coefficient (Wildman–Crippen LogP) is 4.84. The van der Waals surface area contributed by atoms with Crippen molar-refractivity contribution in [1.82, 2.24) is 34.7 Å². The highest BCUT2D eigenvalue weighted by atomic mass is 35.5. The number of piperazine rings is 1. The minimum atomic E-state index is -0.979. The Morgan fingerprint density at radius 2 is 1.61 bits per heavy atom. The summed E-state index contributed by atoms with van der Waals surface area (Å²) in [5.74, 6) is 0.763. The van der Waals surface area contributed by atoms with Crippen molar-refractivity contribution in [1.29, 1.82) is 0 Å². The number of anilines is 1. The van der Waals surface area contributed by atoms with Gasteiger partial charge in [0.15, 0.2) is 6.10 Å². The molecule has 13 heteroatoms. The van der Waals surface area contributed by atoms with Crippen LogP contribution in [0, 0.1) is 5.92 Å². The molecular weight excluding hydrogens is 668 g/mol. The SMILES string of the molecule is O=C(OC(Cc1cc(Cl)c2[nH]ncc2c1)C(=O)N1CCC(N2CCN(CC3CC3)CC2)CC1)N1CCC(N2CCc3ccccc3NC2=O)CC1. The molecule has 4 fully saturated rings. The smallest absolute Gasteiger partial charge is 0.410 e. The fraction of sp³-hybridized carbons (Fsp3) is 0.579. The summed E-state index contributed by atoms with van der Waals surface area (Å²) in [4.78, 5) is 51.7. The van der Waals surface area contributed by atoms with Crippen molar-refractivity contribution in [3.05, 3.63) is 58.7 Å². The summed E-state index contributed by atoms with van der Waals surface area (Å²) < 4.78 is 6.12. The second-order valence-corrected chi connectivity index (χ2v) is 15.5. The zero-order valence-electron chi connectivity index (χ0n) is 29.3. The van der Waals surface area contributed by atoms with E-state index in [-0.39, 0.29) is 24.4 Å². The number of nitrogens with zero attached hydrogens (tertiary/aromatic N) is 6. The molecule has 0 spiro atoms. The number of hydrogen-bond acceptors (Lipinski definition) is 7. The van der Waals surface area contributed by atoms with Gasteiger partial charge in [-0.2, -0.15) is 5.10 Å². The Hall–Kier alpha value is -3.87. The molecule has 12 nitrogen and oxygen atoms in total. The summed E-state index contributed by atoms with van der Waals surface area (Å²) >= 11 is 6.57. The van der Waals surface area contributed by atoms with Gasteiger partial charge >= 0.3 is 12.1 Å². The molecule has 5 heterocycles. The van der Waals surface area contributed by atoms with Crippen molar-refractivity contribution in [2.45, 2.75) is 69.6 Å². The van der Waals surface area contributed by atoms with Crippen molar-refractivity contribution < 1.29 is 19.1 Å². The van der Waals surface area contributed by atoms with Gasteiger partial charge in [-0.05, 0) is 80.2 Å². The van der Waals surface area contributed by atoms with Gasteiger partial charge in [-0.25, -0.2) is 9.59 Å². The number of fused-ring (bicyclic) bond motifs is 2. The molecule has 3 aromatic rings. The zero-order chi connectivity index (χ0) is 34.9. The lowest BCUT2D eigenvalue weighted by atomic mass is 10.00. The Morgan fingerprint density at radius 1 is 0.882 bits per heavy atom. The molecule has 0 bridgehead atoms. The molecule has 3 saturated heterocycles. The summed E-state index contributed by atoms with van der Waals surface area (Å²) in [6.45, 7) is 8.53. The molecular formula is C38H49ClN8O4. The Kier molecular flexibility index (Phi) is 10.1. The minimum Gasteiger partial charge on any atom is -0.436 e. The first-order chi connectivity index (χ1) is 24.9. The molecule has 8 rings (SSSR count). The maximum atomic E-state index is 14.2. The number of piperidine rings is 2. The molecule has 272 valence electrons. The van der Waals surface area contributed by atoms with E-state index in [2.05, 4.69) is 31.4 Å². The van der Waals surface area contributed by atoms with E-state index in [1.807, 2.05) is 40.1 Å². The third-order valence-electron chi connectivity index (χ3n) is 11.7. The second-order valence-electron chi connectivity index (χ2n) is 15.1. The average Bonchev–Trinajstić information content (AvgIpc) is 3.87. The van der Waals surface area contributed by atoms with Crippen LogP contribution in [0.15, 0.2) is 42.6 Å². The number of carbonyl (C=O) groups excluding carboxylic acids is 3. The number of hydrogen-bond donors (Lipinski definition) is 2. The summed E-state index contributed by atoms with van der Waals surface area (Å²) in [7, 11) is 0. The highest BCUT2D eigenvalue weighted by Gasteiger charge is 2.37. The van der Waals surface area contributed by atoms with Gasteiger partial charge < -0.3 is 29.7 Å². The van der Waals surface area contributed by atoms with Crippen LogP contribution in [0.1, 0.15) is 49.7 Å². The fourth-order valence-corrected chi connectivity index (χ4v) is 8.80. The average molecular weight is 717 g/mol. The number of urea groups is 1. The number of nitrogens with one attached hydrogen (secondary N) is 2. The summed E-state index contributed by atoms with van der Waals surface area (Å²) in [6, 6.07) is 12.1. The molecule has 4 aliphatic heterocycles. The van der Waals surface area contributed by atoms with E-state index >= 15 is 0 Å². The van der Waals surface area contributed by atoms with Crippen molar-refractivity contribution in [3.63, 3.8) is 0 Å². The van der Waals surface area contributed by atoms with Crippen molar-refractivity contribution in [2.24, 2.45) is 5.92 Å². The van der Waals surface area contributed by atoms with Gasteiger partial charge in [0.05, 0.1) is 16.7 Å². The van der Waals surface area contributed by atoms with Gasteiger partial charge in [0.25, 0.3) is 5.91 Å². The normalized spacial score (nSPS) is 22.1. The number of carbonyl (C=O) groups is 3. The monoisotopic (exact) mass is 716 g/mol. The first kappa shape index (κ1) is 34.2. The van der Waals surface area contributed by atoms with Crippen LogP contribution in [0.25, 0.3) is 10.9 Å². The summed E-state index contributed by atoms with van der Waals surface area (Å²) in [6.07, 6.45) is 7.15. The molecule has 2 aromatic carbocycles. The van der Waals surface area contributed by atoms with E-state index < -0.39 is 12.2 Å². The molecule has 1 aromatic heterocycles. The number of ether oxygens (including phenoxy) is 1. The molecule has 5 aliphatic rings. The predicted molar refractivity (Wildman–Crippen MR) is 196 cm³/mol. The Bertz CT molecular complexity index is 1720. The van der Waals surface area contributed by atoms with Crippen LogP contribution in [-0.4, -0.2) is 136 Å². The van der Waals surface area contributed by atoms with Gasteiger partial charge in [-0.15, -0.1) is 0 Å². The van der Waals surface area contributed by atoms with Crippen LogP contribution in [0.2, 0.25) is 5.02 Å². The Morgan fingerprint density at radius 3 is 2.37 bits per heavy atom. The number of aromatic amines is 1. The number of para-hydroxylation sites is 1. The minimum absolute atomic E-state index is 0.0205. The zero-order valence-corrected chi connectivity index (χ0v) is 30.0. The standard InChI is InChI=1S/C38H49ClN8O4/c39-32-22-27(21-29-24-40-42-35(29)32)23-34(36(48)45-12-8-30(9-13-45)44-19-17-43(18-20-44)25-26-5-6-26)51-38(50)46-14-10-31(11-15-46)47-16-7-28-3-1-2-4-33(28)41-37(47)49/h1-4,21-22,24,26,30-31,34H,5-20,23,25H2,(H,40,42)(H,41,49). The number of likely N-dealkylation sites (tertiary alicyclic amines) is 2. The van der Waals surface area contributed by atoms with E-state index in [1.165, 1.54) is 19.4 Å². The lowest BCUT2D eigenvalue weighted by Crippen LogP contribution is -2.55. The molecule has 2 N–H and O–H groups in total. The molecule has 0 radical (unpaired) electrons. The highest BCUT2D eigenvalue weighted by Crippen LogP contribution is 2.31. The molecule has 1 unspecified atom stereocenters. The van der Waals surface area contributed by atoms with E-state index in [0.717, 1.165) is 79.1 Å². The van der Waals surface area contributed by atoms with E-state index in [4.69, 9.17) is 16.3 Å². The maximum absolute atomic E-state index is 14.2. The Balaban J connectivity index is 0.892. The number of benzene rings is 2. The lowest BCUT2D eigenvalue weighted by molar-refractivity contribution is -0.142. The van der Waals surface area contributed by atoms with E-state index in [1.54, 1.807) is 11.1 Å². The Labute approximate surface area is 304 Å². The maximum Gasteiger partial charge on any atom is 0.410 e. The summed E-state index contributed by atoms with van der Waals surface area (Å²) in [5, 5.41) is 11.4. The van der Waals surface area contributed by atoms with Gasteiger partial charge in [-0.1, -0.05) is 29.8 Å². The second kappa shape index (κ2) is 15.0. The molecule has 1 saturated carbocycles. The van der Waals surface area contributed by atoms with Gasteiger partial charge in [-0.3, -0.25) is 14.8 Å². The first-order valence-electron chi connectivity index (χ1n) is 18.9. The quantitative estimate of drug-likeness (QED) is 0.343.